The fourth-order valence-electron chi connectivity index (χ4n) is 1.34. The van der Waals surface area contributed by atoms with E-state index in [0.29, 0.717) is 10.9 Å². The van der Waals surface area contributed by atoms with Crippen LogP contribution in [0.1, 0.15) is 13.3 Å². The Bertz CT molecular complexity index is 609. The van der Waals surface area contributed by atoms with Gasteiger partial charge in [-0.15, -0.1) is 11.3 Å². The number of nitrogens with zero attached hydrogens (tertiary/aromatic N) is 2. The van der Waals surface area contributed by atoms with Crippen molar-refractivity contribution in [2.75, 3.05) is 16.6 Å². The highest BCUT2D eigenvalue weighted by Crippen LogP contribution is 2.18. The summed E-state index contributed by atoms with van der Waals surface area (Å²) < 4.78 is 26.4. The van der Waals surface area contributed by atoms with Crippen molar-refractivity contribution in [1.82, 2.24) is 9.97 Å². The van der Waals surface area contributed by atoms with Crippen LogP contribution in [0.4, 0.5) is 10.9 Å². The summed E-state index contributed by atoms with van der Waals surface area (Å²) in [6.45, 7) is 2.85. The molecule has 2 rings (SSSR count). The highest BCUT2D eigenvalue weighted by atomic mass is 32.2. The highest BCUT2D eigenvalue weighted by Gasteiger charge is 2.15. The average molecular weight is 298 g/mol. The first-order valence-electron chi connectivity index (χ1n) is 5.74. The second-order valence-corrected chi connectivity index (χ2v) is 6.33. The van der Waals surface area contributed by atoms with E-state index in [1.165, 1.54) is 23.6 Å². The van der Waals surface area contributed by atoms with Gasteiger partial charge in [0.1, 0.15) is 10.7 Å². The molecule has 0 atom stereocenters. The summed E-state index contributed by atoms with van der Waals surface area (Å²) in [5.41, 5.74) is 0. The Labute approximate surface area is 116 Å². The molecule has 0 saturated carbocycles. The molecule has 0 spiro atoms. The first kappa shape index (κ1) is 13.8. The van der Waals surface area contributed by atoms with Crippen LogP contribution in [0.25, 0.3) is 0 Å². The van der Waals surface area contributed by atoms with E-state index in [0.717, 1.165) is 13.0 Å². The number of anilines is 2. The van der Waals surface area contributed by atoms with Crippen molar-refractivity contribution in [2.45, 2.75) is 18.2 Å². The third kappa shape index (κ3) is 3.65. The fourth-order valence-corrected chi connectivity index (χ4v) is 3.08. The number of pyridine rings is 1. The normalized spacial score (nSPS) is 11.2. The Balaban J connectivity index is 2.12. The van der Waals surface area contributed by atoms with Gasteiger partial charge in [0, 0.05) is 24.3 Å². The maximum Gasteiger partial charge on any atom is 0.265 e. The summed E-state index contributed by atoms with van der Waals surface area (Å²) >= 11 is 1.22. The summed E-state index contributed by atoms with van der Waals surface area (Å²) in [6, 6.07) is 3.16. The van der Waals surface area contributed by atoms with Gasteiger partial charge >= 0.3 is 0 Å². The quantitative estimate of drug-likeness (QED) is 0.853. The molecule has 0 amide bonds. The molecule has 19 heavy (non-hydrogen) atoms. The Morgan fingerprint density at radius 1 is 1.32 bits per heavy atom. The Hall–Kier alpha value is -1.67. The lowest BCUT2D eigenvalue weighted by Gasteiger charge is -2.06. The van der Waals surface area contributed by atoms with Gasteiger partial charge in [0.2, 0.25) is 0 Å². The van der Waals surface area contributed by atoms with Crippen LogP contribution in [0.15, 0.2) is 34.8 Å². The van der Waals surface area contributed by atoms with Gasteiger partial charge in [-0.2, -0.15) is 0 Å². The van der Waals surface area contributed by atoms with E-state index in [-0.39, 0.29) is 4.90 Å². The Kier molecular flexibility index (Phi) is 4.33. The molecule has 2 heterocycles. The number of aromatic nitrogens is 2. The van der Waals surface area contributed by atoms with Gasteiger partial charge in [-0.25, -0.2) is 18.4 Å². The summed E-state index contributed by atoms with van der Waals surface area (Å²) in [6.07, 6.45) is 3.85. The molecule has 2 N–H and O–H groups in total. The molecule has 0 bridgehead atoms. The van der Waals surface area contributed by atoms with Crippen LogP contribution < -0.4 is 10.0 Å². The molecule has 102 valence electrons. The Morgan fingerprint density at radius 2 is 2.16 bits per heavy atom. The van der Waals surface area contributed by atoms with E-state index >= 15 is 0 Å². The number of thiazole rings is 1. The van der Waals surface area contributed by atoms with Gasteiger partial charge in [-0.1, -0.05) is 6.92 Å². The highest BCUT2D eigenvalue weighted by molar-refractivity contribution is 7.93. The van der Waals surface area contributed by atoms with Crippen molar-refractivity contribution in [3.05, 3.63) is 29.9 Å². The third-order valence-corrected chi connectivity index (χ3v) is 4.40. The van der Waals surface area contributed by atoms with E-state index in [4.69, 9.17) is 0 Å². The fraction of sp³-hybridized carbons (Fsp3) is 0.273. The van der Waals surface area contributed by atoms with Crippen molar-refractivity contribution < 1.29 is 8.42 Å². The topological polar surface area (TPSA) is 84.0 Å². The van der Waals surface area contributed by atoms with Crippen LogP contribution in [0.5, 0.6) is 0 Å². The second-order valence-electron chi connectivity index (χ2n) is 3.75. The summed E-state index contributed by atoms with van der Waals surface area (Å²) in [5, 5.41) is 5.13. The van der Waals surface area contributed by atoms with Gasteiger partial charge in [-0.05, 0) is 18.6 Å². The summed E-state index contributed by atoms with van der Waals surface area (Å²) in [4.78, 5) is 8.06. The van der Waals surface area contributed by atoms with Crippen LogP contribution in [0.3, 0.4) is 0 Å². The van der Waals surface area contributed by atoms with E-state index < -0.39 is 10.0 Å². The molecule has 8 heteroatoms. The number of nitrogens with one attached hydrogen (secondary N) is 2. The second kappa shape index (κ2) is 5.98. The standard InChI is InChI=1S/C11H14N4O2S2/c1-2-5-12-10-4-3-9(8-14-10)19(16,17)15-11-13-6-7-18-11/h3-4,6-8H,2,5H2,1H3,(H,12,14)(H,13,15). The minimum Gasteiger partial charge on any atom is -0.370 e. The molecule has 0 fully saturated rings. The minimum atomic E-state index is -3.61. The number of rotatable bonds is 6. The maximum atomic E-state index is 12.0. The van der Waals surface area contributed by atoms with Crippen LogP contribution in [0.2, 0.25) is 0 Å². The van der Waals surface area contributed by atoms with E-state index in [2.05, 4.69) is 20.0 Å². The molecule has 0 aliphatic rings. The number of hydrogen-bond donors (Lipinski definition) is 2. The predicted molar refractivity (Wildman–Crippen MR) is 75.9 cm³/mol. The molecule has 0 aliphatic heterocycles. The molecular weight excluding hydrogens is 284 g/mol. The number of hydrogen-bond acceptors (Lipinski definition) is 6. The van der Waals surface area contributed by atoms with Crippen LogP contribution in [-0.4, -0.2) is 24.9 Å². The molecule has 0 aliphatic carbocycles. The van der Waals surface area contributed by atoms with E-state index in [1.54, 1.807) is 17.6 Å². The van der Waals surface area contributed by atoms with Crippen LogP contribution >= 0.6 is 11.3 Å². The van der Waals surface area contributed by atoms with Crippen LogP contribution in [-0.2, 0) is 10.0 Å². The maximum absolute atomic E-state index is 12.0. The zero-order chi connectivity index (χ0) is 13.7. The van der Waals surface area contributed by atoms with Gasteiger partial charge in [0.25, 0.3) is 10.0 Å². The lowest BCUT2D eigenvalue weighted by Crippen LogP contribution is -2.13. The number of sulfonamides is 1. The monoisotopic (exact) mass is 298 g/mol. The average Bonchev–Trinajstić information content (AvgIpc) is 2.89. The van der Waals surface area contributed by atoms with Gasteiger partial charge in [0.05, 0.1) is 0 Å². The van der Waals surface area contributed by atoms with Crippen LogP contribution in [0, 0.1) is 0 Å². The van der Waals surface area contributed by atoms with Gasteiger partial charge in [-0.3, -0.25) is 4.72 Å². The molecule has 0 saturated heterocycles. The third-order valence-electron chi connectivity index (χ3n) is 2.26. The van der Waals surface area contributed by atoms with Crippen molar-refractivity contribution >= 4 is 32.3 Å². The first-order chi connectivity index (χ1) is 9.12. The molecule has 0 aromatic carbocycles. The van der Waals surface area contributed by atoms with Gasteiger partial charge in [0.15, 0.2) is 5.13 Å². The Morgan fingerprint density at radius 3 is 2.74 bits per heavy atom. The minimum absolute atomic E-state index is 0.116. The molecule has 2 aromatic heterocycles. The lowest BCUT2D eigenvalue weighted by atomic mass is 10.4. The molecule has 0 unspecified atom stereocenters. The SMILES string of the molecule is CCCNc1ccc(S(=O)(=O)Nc2nccs2)cn1. The van der Waals surface area contributed by atoms with E-state index in [1.807, 2.05) is 6.92 Å². The van der Waals surface area contributed by atoms with Crippen molar-refractivity contribution in [1.29, 1.82) is 0 Å². The summed E-state index contributed by atoms with van der Waals surface area (Å²) in [7, 11) is -3.61. The lowest BCUT2D eigenvalue weighted by molar-refractivity contribution is 0.601. The largest absolute Gasteiger partial charge is 0.370 e. The van der Waals surface area contributed by atoms with Crippen molar-refractivity contribution in [3.63, 3.8) is 0 Å². The van der Waals surface area contributed by atoms with Crippen molar-refractivity contribution in [2.24, 2.45) is 0 Å². The van der Waals surface area contributed by atoms with E-state index in [9.17, 15) is 8.42 Å². The summed E-state index contributed by atoms with van der Waals surface area (Å²) in [5.74, 6) is 0.662. The molecular formula is C11H14N4O2S2. The predicted octanol–water partition coefficient (Wildman–Crippen LogP) is 2.16. The molecule has 0 radical (unpaired) electrons. The van der Waals surface area contributed by atoms with Crippen molar-refractivity contribution in [3.8, 4) is 0 Å². The molecule has 2 aromatic rings. The van der Waals surface area contributed by atoms with Gasteiger partial charge < -0.3 is 5.32 Å². The zero-order valence-corrected chi connectivity index (χ0v) is 12.0. The first-order valence-corrected chi connectivity index (χ1v) is 8.10. The zero-order valence-electron chi connectivity index (χ0n) is 10.3. The smallest absolute Gasteiger partial charge is 0.265 e. The molecule has 6 nitrogen and oxygen atoms in total.